The molecule has 20 heavy (non-hydrogen) atoms. The fraction of sp³-hybridized carbons (Fsp3) is 0.308. The Bertz CT molecular complexity index is 675. The van der Waals surface area contributed by atoms with Crippen LogP contribution < -0.4 is 10.3 Å². The SMILES string of the molecule is CC(C)Cn1ccnc(Oc2csc(C(=O)O)c2)c1=O. The molecule has 0 saturated carbocycles. The molecule has 1 N–H and O–H groups in total. The van der Waals surface area contributed by atoms with Gasteiger partial charge < -0.3 is 14.4 Å². The van der Waals surface area contributed by atoms with Gasteiger partial charge in [-0.15, -0.1) is 11.3 Å². The number of ether oxygens (including phenoxy) is 1. The molecule has 2 rings (SSSR count). The van der Waals surface area contributed by atoms with Gasteiger partial charge in [-0.3, -0.25) is 4.79 Å². The third kappa shape index (κ3) is 3.24. The minimum absolute atomic E-state index is 0.0529. The molecule has 0 saturated heterocycles. The monoisotopic (exact) mass is 294 g/mol. The molecular formula is C13H14N2O4S. The lowest BCUT2D eigenvalue weighted by Crippen LogP contribution is -2.23. The lowest BCUT2D eigenvalue weighted by molar-refractivity contribution is 0.0702. The van der Waals surface area contributed by atoms with Gasteiger partial charge in [0, 0.05) is 30.4 Å². The van der Waals surface area contributed by atoms with E-state index in [1.54, 1.807) is 6.20 Å². The number of carbonyl (C=O) groups is 1. The standard InChI is InChI=1S/C13H14N2O4S/c1-8(2)6-15-4-3-14-11(12(15)16)19-9-5-10(13(17)18)20-7-9/h3-5,7-8H,6H2,1-2H3,(H,17,18). The van der Waals surface area contributed by atoms with Gasteiger partial charge in [0.1, 0.15) is 10.6 Å². The topological polar surface area (TPSA) is 81.4 Å². The molecule has 2 heterocycles. The van der Waals surface area contributed by atoms with E-state index in [0.717, 1.165) is 11.3 Å². The Hall–Kier alpha value is -2.15. The molecule has 2 aromatic heterocycles. The summed E-state index contributed by atoms with van der Waals surface area (Å²) in [6, 6.07) is 1.37. The Morgan fingerprint density at radius 1 is 1.55 bits per heavy atom. The van der Waals surface area contributed by atoms with Crippen molar-refractivity contribution in [3.8, 4) is 11.6 Å². The van der Waals surface area contributed by atoms with Crippen LogP contribution in [0.2, 0.25) is 0 Å². The summed E-state index contributed by atoms with van der Waals surface area (Å²) in [6.45, 7) is 4.58. The van der Waals surface area contributed by atoms with Crippen molar-refractivity contribution in [3.05, 3.63) is 39.1 Å². The van der Waals surface area contributed by atoms with Crippen LogP contribution in [-0.2, 0) is 6.54 Å². The number of thiophene rings is 1. The first kappa shape index (κ1) is 14.3. The van der Waals surface area contributed by atoms with Gasteiger partial charge in [0.05, 0.1) is 0 Å². The fourth-order valence-corrected chi connectivity index (χ4v) is 2.27. The largest absolute Gasteiger partial charge is 0.477 e. The molecule has 0 aliphatic carbocycles. The molecule has 0 amide bonds. The Kier molecular flexibility index (Phi) is 4.19. The molecule has 0 aliphatic rings. The van der Waals surface area contributed by atoms with Crippen molar-refractivity contribution in [1.82, 2.24) is 9.55 Å². The molecule has 0 spiro atoms. The average molecular weight is 294 g/mol. The van der Waals surface area contributed by atoms with Gasteiger partial charge in [-0.25, -0.2) is 9.78 Å². The highest BCUT2D eigenvalue weighted by Crippen LogP contribution is 2.24. The molecule has 0 aliphatic heterocycles. The molecule has 0 unspecified atom stereocenters. The Morgan fingerprint density at radius 3 is 2.90 bits per heavy atom. The second-order valence-electron chi connectivity index (χ2n) is 4.64. The van der Waals surface area contributed by atoms with Crippen molar-refractivity contribution in [2.75, 3.05) is 0 Å². The summed E-state index contributed by atoms with van der Waals surface area (Å²) in [5.41, 5.74) is -0.329. The van der Waals surface area contributed by atoms with Gasteiger partial charge in [-0.2, -0.15) is 0 Å². The summed E-state index contributed by atoms with van der Waals surface area (Å²) in [4.78, 5) is 26.9. The highest BCUT2D eigenvalue weighted by Gasteiger charge is 2.12. The van der Waals surface area contributed by atoms with Gasteiger partial charge >= 0.3 is 11.5 Å². The van der Waals surface area contributed by atoms with Crippen LogP contribution in [0.5, 0.6) is 11.6 Å². The minimum atomic E-state index is -1.02. The summed E-state index contributed by atoms with van der Waals surface area (Å²) < 4.78 is 6.89. The zero-order chi connectivity index (χ0) is 14.7. The molecule has 106 valence electrons. The first-order valence-corrected chi connectivity index (χ1v) is 6.90. The van der Waals surface area contributed by atoms with Crippen molar-refractivity contribution in [2.24, 2.45) is 5.92 Å². The van der Waals surface area contributed by atoms with E-state index in [9.17, 15) is 9.59 Å². The number of carboxylic acids is 1. The summed E-state index contributed by atoms with van der Waals surface area (Å²) >= 11 is 1.04. The Balaban J connectivity index is 2.24. The zero-order valence-electron chi connectivity index (χ0n) is 11.1. The smallest absolute Gasteiger partial charge is 0.346 e. The van der Waals surface area contributed by atoms with Crippen LogP contribution in [0, 0.1) is 5.92 Å². The maximum Gasteiger partial charge on any atom is 0.346 e. The van der Waals surface area contributed by atoms with Crippen LogP contribution in [0.4, 0.5) is 0 Å². The van der Waals surface area contributed by atoms with Crippen molar-refractivity contribution < 1.29 is 14.6 Å². The summed E-state index contributed by atoms with van der Waals surface area (Å²) in [5.74, 6) is -0.451. The van der Waals surface area contributed by atoms with Crippen molar-refractivity contribution in [2.45, 2.75) is 20.4 Å². The van der Waals surface area contributed by atoms with Gasteiger partial charge in [-0.05, 0) is 5.92 Å². The van der Waals surface area contributed by atoms with E-state index in [-0.39, 0.29) is 16.3 Å². The Morgan fingerprint density at radius 2 is 2.30 bits per heavy atom. The quantitative estimate of drug-likeness (QED) is 0.916. The molecule has 2 aromatic rings. The minimum Gasteiger partial charge on any atom is -0.477 e. The Labute approximate surface area is 119 Å². The van der Waals surface area contributed by atoms with Crippen molar-refractivity contribution in [3.63, 3.8) is 0 Å². The molecule has 0 atom stereocenters. The highest BCUT2D eigenvalue weighted by atomic mass is 32.1. The lowest BCUT2D eigenvalue weighted by Gasteiger charge is -2.09. The van der Waals surface area contributed by atoms with Gasteiger partial charge in [0.25, 0.3) is 5.88 Å². The van der Waals surface area contributed by atoms with Crippen molar-refractivity contribution in [1.29, 1.82) is 0 Å². The third-order valence-electron chi connectivity index (χ3n) is 2.44. The maximum atomic E-state index is 12.1. The summed E-state index contributed by atoms with van der Waals surface area (Å²) in [5, 5.41) is 10.4. The van der Waals surface area contributed by atoms with Crippen molar-refractivity contribution >= 4 is 17.3 Å². The number of carboxylic acid groups (broad SMARTS) is 1. The van der Waals surface area contributed by atoms with Crippen LogP contribution in [0.25, 0.3) is 0 Å². The molecule has 6 nitrogen and oxygen atoms in total. The lowest BCUT2D eigenvalue weighted by atomic mass is 10.2. The maximum absolute atomic E-state index is 12.1. The normalized spacial score (nSPS) is 10.8. The average Bonchev–Trinajstić information content (AvgIpc) is 2.82. The van der Waals surface area contributed by atoms with E-state index in [0.29, 0.717) is 18.2 Å². The van der Waals surface area contributed by atoms with E-state index >= 15 is 0 Å². The predicted octanol–water partition coefficient (Wildman–Crippen LogP) is 2.45. The van der Waals surface area contributed by atoms with Crippen LogP contribution in [0.3, 0.4) is 0 Å². The molecule has 7 heteroatoms. The van der Waals surface area contributed by atoms with E-state index in [1.165, 1.54) is 22.2 Å². The number of hydrogen-bond donors (Lipinski definition) is 1. The summed E-state index contributed by atoms with van der Waals surface area (Å²) in [6.07, 6.45) is 3.09. The fourth-order valence-electron chi connectivity index (χ4n) is 1.63. The van der Waals surface area contributed by atoms with Crippen LogP contribution in [-0.4, -0.2) is 20.6 Å². The second-order valence-corrected chi connectivity index (χ2v) is 5.55. The van der Waals surface area contributed by atoms with E-state index < -0.39 is 5.97 Å². The zero-order valence-corrected chi connectivity index (χ0v) is 11.9. The molecule has 0 radical (unpaired) electrons. The van der Waals surface area contributed by atoms with E-state index in [4.69, 9.17) is 9.84 Å². The third-order valence-corrected chi connectivity index (χ3v) is 3.34. The number of aromatic nitrogens is 2. The number of aromatic carboxylic acids is 1. The van der Waals surface area contributed by atoms with E-state index in [2.05, 4.69) is 4.98 Å². The first-order valence-electron chi connectivity index (χ1n) is 6.02. The predicted molar refractivity (Wildman–Crippen MR) is 74.7 cm³/mol. The van der Waals surface area contributed by atoms with Gasteiger partial charge in [-0.1, -0.05) is 13.8 Å². The van der Waals surface area contributed by atoms with Crippen LogP contribution >= 0.6 is 11.3 Å². The highest BCUT2D eigenvalue weighted by molar-refractivity contribution is 7.12. The molecular weight excluding hydrogens is 280 g/mol. The van der Waals surface area contributed by atoms with Gasteiger partial charge in [0.2, 0.25) is 0 Å². The van der Waals surface area contributed by atoms with E-state index in [1.807, 2.05) is 13.8 Å². The summed E-state index contributed by atoms with van der Waals surface area (Å²) in [7, 11) is 0. The second kappa shape index (κ2) is 5.87. The first-order chi connectivity index (χ1) is 9.47. The molecule has 0 bridgehead atoms. The van der Waals surface area contributed by atoms with Gasteiger partial charge in [0.15, 0.2) is 0 Å². The number of rotatable bonds is 5. The molecule has 0 aromatic carbocycles. The van der Waals surface area contributed by atoms with Crippen LogP contribution in [0.15, 0.2) is 28.6 Å². The molecule has 0 fully saturated rings. The van der Waals surface area contributed by atoms with Crippen LogP contribution in [0.1, 0.15) is 23.5 Å². The number of nitrogens with zero attached hydrogens (tertiary/aromatic N) is 2. The number of hydrogen-bond acceptors (Lipinski definition) is 5.